The average Bonchev–Trinajstić information content (AvgIpc) is 3.26. The fraction of sp³-hybridized carbons (Fsp3) is 0.556. The van der Waals surface area contributed by atoms with Crippen molar-refractivity contribution in [3.63, 3.8) is 0 Å². The Kier molecular flexibility index (Phi) is 5.06. The molecule has 140 valence electrons. The van der Waals surface area contributed by atoms with Gasteiger partial charge in [0.2, 0.25) is 6.39 Å². The van der Waals surface area contributed by atoms with Crippen LogP contribution in [-0.4, -0.2) is 53.3 Å². The minimum absolute atomic E-state index is 0.0237. The summed E-state index contributed by atoms with van der Waals surface area (Å²) in [5, 5.41) is 4.00. The molecule has 2 fully saturated rings. The Bertz CT molecular complexity index is 802. The maximum absolute atomic E-state index is 13.2. The number of benzene rings is 1. The molecule has 1 aromatic heterocycles. The van der Waals surface area contributed by atoms with Crippen LogP contribution < -0.4 is 0 Å². The van der Waals surface area contributed by atoms with Crippen molar-refractivity contribution in [2.75, 3.05) is 26.2 Å². The van der Waals surface area contributed by atoms with Gasteiger partial charge in [0.1, 0.15) is 0 Å². The highest BCUT2D eigenvalue weighted by molar-refractivity contribution is 7.86. The fourth-order valence-corrected chi connectivity index (χ4v) is 5.78. The van der Waals surface area contributed by atoms with Crippen LogP contribution >= 0.6 is 0 Å². The highest BCUT2D eigenvalue weighted by Crippen LogP contribution is 2.40. The summed E-state index contributed by atoms with van der Waals surface area (Å²) in [4.78, 5) is 4.21. The molecule has 0 N–H and O–H groups in total. The molecule has 3 heterocycles. The molecule has 2 saturated heterocycles. The van der Waals surface area contributed by atoms with Crippen LogP contribution in [0.4, 0.5) is 0 Å². The fourth-order valence-electron chi connectivity index (χ4n) is 4.03. The lowest BCUT2D eigenvalue weighted by molar-refractivity contribution is 0.363. The highest BCUT2D eigenvalue weighted by Gasteiger charge is 2.44. The number of aromatic nitrogens is 2. The van der Waals surface area contributed by atoms with Crippen LogP contribution in [0.1, 0.15) is 48.9 Å². The zero-order chi connectivity index (χ0) is 18.0. The monoisotopic (exact) mass is 376 g/mol. The van der Waals surface area contributed by atoms with E-state index >= 15 is 0 Å². The van der Waals surface area contributed by atoms with E-state index in [-0.39, 0.29) is 11.8 Å². The molecule has 1 aromatic carbocycles. The molecule has 0 saturated carbocycles. The molecule has 0 spiro atoms. The second-order valence-electron chi connectivity index (χ2n) is 7.05. The third kappa shape index (κ3) is 3.41. The first kappa shape index (κ1) is 17.6. The van der Waals surface area contributed by atoms with Crippen molar-refractivity contribution >= 4 is 10.2 Å². The lowest BCUT2D eigenvalue weighted by Gasteiger charge is -2.26. The second-order valence-corrected chi connectivity index (χ2v) is 8.98. The molecule has 2 aliphatic rings. The zero-order valence-corrected chi connectivity index (χ0v) is 15.5. The summed E-state index contributed by atoms with van der Waals surface area (Å²) in [6, 6.07) is 10.0. The molecule has 2 aliphatic heterocycles. The Morgan fingerprint density at radius 2 is 1.62 bits per heavy atom. The summed E-state index contributed by atoms with van der Waals surface area (Å²) in [5.41, 5.74) is 1.11. The third-order valence-electron chi connectivity index (χ3n) is 5.44. The first-order valence-corrected chi connectivity index (χ1v) is 10.6. The van der Waals surface area contributed by atoms with Gasteiger partial charge in [-0.05, 0) is 18.4 Å². The average molecular weight is 376 g/mol. The maximum Gasteiger partial charge on any atom is 0.282 e. The van der Waals surface area contributed by atoms with Crippen LogP contribution in [0.3, 0.4) is 0 Å². The van der Waals surface area contributed by atoms with Crippen LogP contribution in [0.2, 0.25) is 0 Å². The Hall–Kier alpha value is -1.77. The molecule has 26 heavy (non-hydrogen) atoms. The van der Waals surface area contributed by atoms with Gasteiger partial charge in [-0.3, -0.25) is 0 Å². The van der Waals surface area contributed by atoms with E-state index in [2.05, 4.69) is 10.1 Å². The molecule has 2 atom stereocenters. The number of nitrogens with zero attached hydrogens (tertiary/aromatic N) is 4. The van der Waals surface area contributed by atoms with Gasteiger partial charge in [-0.2, -0.15) is 22.0 Å². The molecular weight excluding hydrogens is 352 g/mol. The number of rotatable bonds is 4. The summed E-state index contributed by atoms with van der Waals surface area (Å²) in [6.45, 7) is 2.06. The molecule has 0 amide bonds. The van der Waals surface area contributed by atoms with Gasteiger partial charge in [0.25, 0.3) is 10.2 Å². The normalized spacial score (nSPS) is 26.0. The van der Waals surface area contributed by atoms with Crippen molar-refractivity contribution < 1.29 is 12.9 Å². The summed E-state index contributed by atoms with van der Waals surface area (Å²) in [5.74, 6) is 0.501. The first-order chi connectivity index (χ1) is 12.7. The van der Waals surface area contributed by atoms with Crippen molar-refractivity contribution in [2.24, 2.45) is 0 Å². The van der Waals surface area contributed by atoms with E-state index < -0.39 is 10.2 Å². The van der Waals surface area contributed by atoms with Crippen LogP contribution in [-0.2, 0) is 10.2 Å². The van der Waals surface area contributed by atoms with Crippen molar-refractivity contribution in [3.8, 4) is 0 Å². The van der Waals surface area contributed by atoms with Gasteiger partial charge in [-0.25, -0.2) is 0 Å². The molecule has 7 nitrogen and oxygen atoms in total. The predicted molar refractivity (Wildman–Crippen MR) is 96.8 cm³/mol. The van der Waals surface area contributed by atoms with E-state index in [4.69, 9.17) is 4.52 Å². The van der Waals surface area contributed by atoms with Crippen molar-refractivity contribution in [1.29, 1.82) is 0 Å². The quantitative estimate of drug-likeness (QED) is 0.818. The van der Waals surface area contributed by atoms with Crippen LogP contribution in [0, 0.1) is 0 Å². The van der Waals surface area contributed by atoms with Crippen LogP contribution in [0.25, 0.3) is 0 Å². The summed E-state index contributed by atoms with van der Waals surface area (Å²) >= 11 is 0. The number of hydrogen-bond acceptors (Lipinski definition) is 5. The van der Waals surface area contributed by atoms with Gasteiger partial charge in [0.15, 0.2) is 5.82 Å². The minimum Gasteiger partial charge on any atom is -0.343 e. The predicted octanol–water partition coefficient (Wildman–Crippen LogP) is 2.37. The van der Waals surface area contributed by atoms with Crippen molar-refractivity contribution in [1.82, 2.24) is 18.8 Å². The largest absolute Gasteiger partial charge is 0.343 e. The van der Waals surface area contributed by atoms with Crippen LogP contribution in [0.5, 0.6) is 0 Å². The second kappa shape index (κ2) is 7.46. The summed E-state index contributed by atoms with van der Waals surface area (Å²) in [7, 11) is -3.47. The Balaban J connectivity index is 1.62. The highest BCUT2D eigenvalue weighted by atomic mass is 32.2. The van der Waals surface area contributed by atoms with E-state index in [1.807, 2.05) is 30.3 Å². The minimum atomic E-state index is -3.47. The topological polar surface area (TPSA) is 79.5 Å². The standard InChI is InChI=1S/C18H24N4O3S/c23-26(24,21-10-6-1-2-7-11-21)22-12-16(15-8-4-3-5-9-15)17(13-22)18-19-14-25-20-18/h3-5,8-9,14,16-17H,1-2,6-7,10-13H2. The molecule has 2 aromatic rings. The van der Waals surface area contributed by atoms with E-state index in [1.54, 1.807) is 8.61 Å². The van der Waals surface area contributed by atoms with Gasteiger partial charge in [-0.1, -0.05) is 48.3 Å². The smallest absolute Gasteiger partial charge is 0.282 e. The zero-order valence-electron chi connectivity index (χ0n) is 14.7. The summed E-state index contributed by atoms with van der Waals surface area (Å²) in [6.07, 6.45) is 5.38. The van der Waals surface area contributed by atoms with E-state index in [0.717, 1.165) is 31.2 Å². The molecule has 0 aliphatic carbocycles. The van der Waals surface area contributed by atoms with Crippen molar-refractivity contribution in [2.45, 2.75) is 37.5 Å². The lowest BCUT2D eigenvalue weighted by atomic mass is 9.88. The van der Waals surface area contributed by atoms with Crippen LogP contribution in [0.15, 0.2) is 41.2 Å². The SMILES string of the molecule is O=S(=O)(N1CCCCCC1)N1CC(c2ccccc2)C(c2ncon2)C1. The van der Waals surface area contributed by atoms with Gasteiger partial charge in [0.05, 0.1) is 0 Å². The molecule has 0 radical (unpaired) electrons. The lowest BCUT2D eigenvalue weighted by Crippen LogP contribution is -2.43. The molecular formula is C18H24N4O3S. The first-order valence-electron chi connectivity index (χ1n) is 9.22. The van der Waals surface area contributed by atoms with Gasteiger partial charge in [0, 0.05) is 38.0 Å². The molecule has 8 heteroatoms. The Morgan fingerprint density at radius 1 is 0.923 bits per heavy atom. The van der Waals surface area contributed by atoms with E-state index in [1.165, 1.54) is 6.39 Å². The van der Waals surface area contributed by atoms with Gasteiger partial charge >= 0.3 is 0 Å². The maximum atomic E-state index is 13.2. The van der Waals surface area contributed by atoms with Gasteiger partial charge in [-0.15, -0.1) is 0 Å². The molecule has 0 bridgehead atoms. The van der Waals surface area contributed by atoms with E-state index in [9.17, 15) is 8.42 Å². The van der Waals surface area contributed by atoms with Crippen molar-refractivity contribution in [3.05, 3.63) is 48.1 Å². The van der Waals surface area contributed by atoms with Gasteiger partial charge < -0.3 is 4.52 Å². The third-order valence-corrected chi connectivity index (χ3v) is 7.41. The molecule has 4 rings (SSSR count). The van der Waals surface area contributed by atoms with E-state index in [0.29, 0.717) is 32.0 Å². The Morgan fingerprint density at radius 3 is 2.27 bits per heavy atom. The summed E-state index contributed by atoms with van der Waals surface area (Å²) < 4.78 is 34.6. The Labute approximate surface area is 154 Å². The molecule has 2 unspecified atom stereocenters. The number of hydrogen-bond donors (Lipinski definition) is 0.